The summed E-state index contributed by atoms with van der Waals surface area (Å²) < 4.78 is 27.6. The quantitative estimate of drug-likeness (QED) is 0.514. The molecule has 0 aliphatic carbocycles. The molecule has 27 heavy (non-hydrogen) atoms. The maximum absolute atomic E-state index is 12.5. The number of nitrogens with two attached hydrogens (primary N) is 1. The Kier molecular flexibility index (Phi) is 8.29. The van der Waals surface area contributed by atoms with Crippen LogP contribution in [0.3, 0.4) is 0 Å². The second-order valence-corrected chi connectivity index (χ2v) is 7.99. The second-order valence-electron chi connectivity index (χ2n) is 6.31. The van der Waals surface area contributed by atoms with Crippen LogP contribution in [0.4, 0.5) is 5.69 Å². The molecule has 0 atom stereocenters. The zero-order valence-electron chi connectivity index (χ0n) is 15.4. The summed E-state index contributed by atoms with van der Waals surface area (Å²) in [6.07, 6.45) is 4.29. The molecule has 0 heterocycles. The first-order valence-electron chi connectivity index (χ1n) is 9.15. The highest BCUT2D eigenvalue weighted by Crippen LogP contribution is 2.20. The van der Waals surface area contributed by atoms with Crippen LogP contribution in [0.15, 0.2) is 59.5 Å². The molecule has 2 aromatic carbocycles. The molecular weight excluding hydrogens is 362 g/mol. The van der Waals surface area contributed by atoms with E-state index in [1.165, 1.54) is 12.1 Å². The molecule has 0 unspecified atom stereocenters. The number of hydrogen-bond acceptors (Lipinski definition) is 4. The van der Waals surface area contributed by atoms with Gasteiger partial charge in [-0.2, -0.15) is 0 Å². The van der Waals surface area contributed by atoms with Crippen molar-refractivity contribution in [2.24, 2.45) is 5.73 Å². The van der Waals surface area contributed by atoms with Crippen molar-refractivity contribution in [1.82, 2.24) is 5.32 Å². The summed E-state index contributed by atoms with van der Waals surface area (Å²) >= 11 is 0. The third-order valence-electron chi connectivity index (χ3n) is 4.15. The highest BCUT2D eigenvalue weighted by molar-refractivity contribution is 7.92. The van der Waals surface area contributed by atoms with Gasteiger partial charge in [0, 0.05) is 13.0 Å². The van der Waals surface area contributed by atoms with Gasteiger partial charge in [-0.1, -0.05) is 49.2 Å². The van der Waals surface area contributed by atoms with Crippen molar-refractivity contribution < 1.29 is 13.2 Å². The minimum Gasteiger partial charge on any atom is -0.352 e. The highest BCUT2D eigenvalue weighted by Gasteiger charge is 2.15. The highest BCUT2D eigenvalue weighted by atomic mass is 32.2. The largest absolute Gasteiger partial charge is 0.352 e. The number of carbonyl (C=O) groups is 1. The Bertz CT molecular complexity index is 823. The Morgan fingerprint density at radius 2 is 1.56 bits per heavy atom. The van der Waals surface area contributed by atoms with Crippen LogP contribution in [0.25, 0.3) is 0 Å². The predicted octanol–water partition coefficient (Wildman–Crippen LogP) is 3.01. The maximum atomic E-state index is 12.5. The Balaban J connectivity index is 1.93. The molecule has 0 aliphatic heterocycles. The molecule has 0 fully saturated rings. The molecule has 1 amide bonds. The van der Waals surface area contributed by atoms with E-state index in [0.29, 0.717) is 24.2 Å². The monoisotopic (exact) mass is 389 g/mol. The molecular formula is C20H27N3O3S. The van der Waals surface area contributed by atoms with E-state index in [1.807, 2.05) is 6.07 Å². The zero-order chi connectivity index (χ0) is 19.5. The van der Waals surface area contributed by atoms with Gasteiger partial charge in [0.25, 0.3) is 10.0 Å². The lowest BCUT2D eigenvalue weighted by atomic mass is 10.1. The van der Waals surface area contributed by atoms with Gasteiger partial charge in [0.2, 0.25) is 5.91 Å². The van der Waals surface area contributed by atoms with E-state index in [1.54, 1.807) is 36.4 Å². The third-order valence-corrected chi connectivity index (χ3v) is 5.53. The topological polar surface area (TPSA) is 101 Å². The molecule has 0 aromatic heterocycles. The van der Waals surface area contributed by atoms with Crippen LogP contribution in [0, 0.1) is 0 Å². The fourth-order valence-electron chi connectivity index (χ4n) is 2.64. The number of amides is 1. The summed E-state index contributed by atoms with van der Waals surface area (Å²) in [7, 11) is -3.67. The van der Waals surface area contributed by atoms with Crippen LogP contribution in [-0.2, 0) is 21.4 Å². The van der Waals surface area contributed by atoms with Crippen molar-refractivity contribution in [3.05, 3.63) is 60.2 Å². The summed E-state index contributed by atoms with van der Waals surface area (Å²) in [5.74, 6) is -0.0385. The van der Waals surface area contributed by atoms with Crippen molar-refractivity contribution >= 4 is 21.6 Å². The van der Waals surface area contributed by atoms with E-state index in [4.69, 9.17) is 5.73 Å². The van der Waals surface area contributed by atoms with E-state index in [9.17, 15) is 13.2 Å². The fraction of sp³-hybridized carbons (Fsp3) is 0.350. The molecule has 0 spiro atoms. The van der Waals surface area contributed by atoms with Crippen LogP contribution >= 0.6 is 0 Å². The molecule has 6 nitrogen and oxygen atoms in total. The molecule has 7 heteroatoms. The number of carbonyl (C=O) groups excluding carboxylic acids is 1. The second kappa shape index (κ2) is 10.7. The van der Waals surface area contributed by atoms with Crippen LogP contribution in [0.2, 0.25) is 0 Å². The van der Waals surface area contributed by atoms with Crippen LogP contribution in [0.1, 0.15) is 37.7 Å². The third kappa shape index (κ3) is 7.03. The van der Waals surface area contributed by atoms with Crippen LogP contribution in [0.5, 0.6) is 0 Å². The molecule has 4 N–H and O–H groups in total. The molecule has 0 saturated carbocycles. The number of unbranched alkanes of at least 4 members (excludes halogenated alkanes) is 3. The van der Waals surface area contributed by atoms with Gasteiger partial charge in [-0.15, -0.1) is 0 Å². The number of benzene rings is 2. The normalized spacial score (nSPS) is 11.1. The Labute approximate surface area is 161 Å². The first kappa shape index (κ1) is 20.9. The molecule has 0 radical (unpaired) electrons. The number of hydrogen-bond donors (Lipinski definition) is 3. The lowest BCUT2D eigenvalue weighted by Crippen LogP contribution is -2.23. The number of para-hydroxylation sites is 1. The van der Waals surface area contributed by atoms with Crippen molar-refractivity contribution in [3.63, 3.8) is 0 Å². The number of anilines is 1. The fourth-order valence-corrected chi connectivity index (χ4v) is 3.76. The minimum atomic E-state index is -3.67. The summed E-state index contributed by atoms with van der Waals surface area (Å²) in [6.45, 7) is 0.955. The van der Waals surface area contributed by atoms with E-state index in [0.717, 1.165) is 25.7 Å². The average molecular weight is 390 g/mol. The van der Waals surface area contributed by atoms with Crippen LogP contribution in [-0.4, -0.2) is 20.9 Å². The van der Waals surface area contributed by atoms with Gasteiger partial charge in [0.05, 0.1) is 10.6 Å². The van der Waals surface area contributed by atoms with Gasteiger partial charge in [-0.05, 0) is 43.1 Å². The first-order chi connectivity index (χ1) is 13.0. The lowest BCUT2D eigenvalue weighted by Gasteiger charge is -2.13. The number of rotatable bonds is 11. The van der Waals surface area contributed by atoms with E-state index in [2.05, 4.69) is 10.0 Å². The standard InChI is InChI=1S/C20H27N3O3S/c21-15-9-2-1-6-14-20(24)22-16-17-10-7-8-13-19(17)23-27(25,26)18-11-4-3-5-12-18/h3-5,7-8,10-13,23H,1-2,6,9,14-16,21H2,(H,22,24). The van der Waals surface area contributed by atoms with E-state index in [-0.39, 0.29) is 17.3 Å². The Morgan fingerprint density at radius 3 is 2.30 bits per heavy atom. The first-order valence-corrected chi connectivity index (χ1v) is 10.6. The zero-order valence-corrected chi connectivity index (χ0v) is 16.2. The molecule has 146 valence electrons. The van der Waals surface area contributed by atoms with Gasteiger partial charge in [0.15, 0.2) is 0 Å². The number of sulfonamides is 1. The molecule has 0 bridgehead atoms. The Hall–Kier alpha value is -2.38. The maximum Gasteiger partial charge on any atom is 0.261 e. The summed E-state index contributed by atoms with van der Waals surface area (Å²) in [4.78, 5) is 12.2. The van der Waals surface area contributed by atoms with Gasteiger partial charge in [0.1, 0.15) is 0 Å². The summed E-state index contributed by atoms with van der Waals surface area (Å²) in [6, 6.07) is 15.2. The molecule has 2 aromatic rings. The molecule has 0 aliphatic rings. The Morgan fingerprint density at radius 1 is 0.889 bits per heavy atom. The predicted molar refractivity (Wildman–Crippen MR) is 108 cm³/mol. The van der Waals surface area contributed by atoms with Gasteiger partial charge >= 0.3 is 0 Å². The SMILES string of the molecule is NCCCCCCC(=O)NCc1ccccc1NS(=O)(=O)c1ccccc1. The minimum absolute atomic E-state index is 0.0385. The lowest BCUT2D eigenvalue weighted by molar-refractivity contribution is -0.121. The van der Waals surface area contributed by atoms with E-state index < -0.39 is 10.0 Å². The van der Waals surface area contributed by atoms with Gasteiger partial charge < -0.3 is 11.1 Å². The van der Waals surface area contributed by atoms with Crippen molar-refractivity contribution in [1.29, 1.82) is 0 Å². The van der Waals surface area contributed by atoms with E-state index >= 15 is 0 Å². The van der Waals surface area contributed by atoms with Gasteiger partial charge in [-0.25, -0.2) is 8.42 Å². The average Bonchev–Trinajstić information content (AvgIpc) is 2.67. The number of nitrogens with one attached hydrogen (secondary N) is 2. The van der Waals surface area contributed by atoms with Crippen molar-refractivity contribution in [2.45, 2.75) is 43.5 Å². The van der Waals surface area contributed by atoms with Crippen molar-refractivity contribution in [2.75, 3.05) is 11.3 Å². The molecule has 2 rings (SSSR count). The van der Waals surface area contributed by atoms with Crippen molar-refractivity contribution in [3.8, 4) is 0 Å². The molecule has 0 saturated heterocycles. The van der Waals surface area contributed by atoms with Crippen LogP contribution < -0.4 is 15.8 Å². The summed E-state index contributed by atoms with van der Waals surface area (Å²) in [5.41, 5.74) is 6.63. The van der Waals surface area contributed by atoms with Gasteiger partial charge in [-0.3, -0.25) is 9.52 Å². The smallest absolute Gasteiger partial charge is 0.261 e. The summed E-state index contributed by atoms with van der Waals surface area (Å²) in [5, 5.41) is 2.86.